The molecule has 21 heavy (non-hydrogen) atoms. The molecule has 0 N–H and O–H groups in total. The summed E-state index contributed by atoms with van der Waals surface area (Å²) in [5, 5.41) is 0. The van der Waals surface area contributed by atoms with Crippen molar-refractivity contribution in [2.24, 2.45) is 11.8 Å². The van der Waals surface area contributed by atoms with Gasteiger partial charge in [-0.1, -0.05) is 18.2 Å². The zero-order valence-electron chi connectivity index (χ0n) is 11.8. The van der Waals surface area contributed by atoms with Crippen LogP contribution in [-0.4, -0.2) is 23.5 Å². The van der Waals surface area contributed by atoms with E-state index in [9.17, 15) is 9.59 Å². The van der Waals surface area contributed by atoms with E-state index in [4.69, 9.17) is 16.5 Å². The third kappa shape index (κ3) is 3.42. The molecular formula is C15H17ClN2O3. The van der Waals surface area contributed by atoms with Crippen LogP contribution >= 0.6 is 11.8 Å². The average molecular weight is 309 g/mol. The van der Waals surface area contributed by atoms with E-state index in [0.29, 0.717) is 18.7 Å². The Morgan fingerprint density at radius 2 is 2.14 bits per heavy atom. The van der Waals surface area contributed by atoms with Gasteiger partial charge in [-0.2, -0.15) is 0 Å². The van der Waals surface area contributed by atoms with Crippen LogP contribution in [0.4, 0.5) is 5.82 Å². The minimum absolute atomic E-state index is 0.285. The molecule has 1 fully saturated rings. The maximum Gasteiger partial charge on any atom is 0.310 e. The van der Waals surface area contributed by atoms with Crippen LogP contribution in [-0.2, 0) is 14.3 Å². The van der Waals surface area contributed by atoms with E-state index in [0.717, 1.165) is 9.99 Å². The molecule has 0 radical (unpaired) electrons. The van der Waals surface area contributed by atoms with Gasteiger partial charge in [-0.25, -0.2) is 9.40 Å². The summed E-state index contributed by atoms with van der Waals surface area (Å²) in [4.78, 5) is 28.5. The molecule has 0 saturated heterocycles. The molecule has 2 atom stereocenters. The monoisotopic (exact) mass is 308 g/mol. The number of amides is 1. The highest BCUT2D eigenvalue weighted by Gasteiger charge is 2.42. The Morgan fingerprint density at radius 3 is 2.76 bits per heavy atom. The minimum Gasteiger partial charge on any atom is -0.466 e. The summed E-state index contributed by atoms with van der Waals surface area (Å²) < 4.78 is 6.00. The van der Waals surface area contributed by atoms with Crippen molar-refractivity contribution in [1.82, 2.24) is 4.98 Å². The van der Waals surface area contributed by atoms with Crippen molar-refractivity contribution in [2.45, 2.75) is 19.8 Å². The fourth-order valence-corrected chi connectivity index (χ4v) is 2.70. The second kappa shape index (κ2) is 6.72. The van der Waals surface area contributed by atoms with E-state index in [1.54, 1.807) is 31.3 Å². The Morgan fingerprint density at radius 1 is 1.43 bits per heavy atom. The molecule has 1 aromatic rings. The predicted octanol–water partition coefficient (Wildman–Crippen LogP) is 2.71. The normalized spacial score (nSPS) is 21.1. The molecule has 0 spiro atoms. The maximum atomic E-state index is 12.5. The van der Waals surface area contributed by atoms with Crippen molar-refractivity contribution < 1.29 is 14.3 Å². The number of aromatic nitrogens is 1. The SMILES string of the molecule is C=C1CC(C(=O)OCC)C(C(=O)N(Cl)c2ccccn2)C1. The molecule has 112 valence electrons. The van der Waals surface area contributed by atoms with Crippen LogP contribution in [0, 0.1) is 11.8 Å². The number of ether oxygens (including phenoxy) is 1. The van der Waals surface area contributed by atoms with Crippen LogP contribution in [0.15, 0.2) is 36.5 Å². The summed E-state index contributed by atoms with van der Waals surface area (Å²) >= 11 is 6.07. The van der Waals surface area contributed by atoms with Crippen molar-refractivity contribution in [3.63, 3.8) is 0 Å². The number of halogens is 1. The molecule has 5 nitrogen and oxygen atoms in total. The van der Waals surface area contributed by atoms with Gasteiger partial charge >= 0.3 is 5.97 Å². The van der Waals surface area contributed by atoms with E-state index in [1.165, 1.54) is 0 Å². The number of nitrogens with zero attached hydrogens (tertiary/aromatic N) is 2. The third-order valence-electron chi connectivity index (χ3n) is 3.45. The fraction of sp³-hybridized carbons (Fsp3) is 0.400. The smallest absolute Gasteiger partial charge is 0.310 e. The summed E-state index contributed by atoms with van der Waals surface area (Å²) in [6, 6.07) is 5.10. The summed E-state index contributed by atoms with van der Waals surface area (Å²) in [7, 11) is 0. The summed E-state index contributed by atoms with van der Waals surface area (Å²) in [6.45, 7) is 5.90. The Kier molecular flexibility index (Phi) is 4.96. The van der Waals surface area contributed by atoms with Crippen molar-refractivity contribution >= 4 is 29.5 Å². The maximum absolute atomic E-state index is 12.5. The van der Waals surface area contributed by atoms with Gasteiger partial charge in [-0.3, -0.25) is 9.59 Å². The Bertz CT molecular complexity index is 547. The van der Waals surface area contributed by atoms with E-state index in [-0.39, 0.29) is 18.5 Å². The van der Waals surface area contributed by atoms with Crippen LogP contribution in [0.2, 0.25) is 0 Å². The number of hydrogen-bond donors (Lipinski definition) is 0. The molecule has 0 bridgehead atoms. The van der Waals surface area contributed by atoms with Crippen molar-refractivity contribution in [3.05, 3.63) is 36.5 Å². The van der Waals surface area contributed by atoms with Gasteiger partial charge in [0, 0.05) is 18.0 Å². The highest BCUT2D eigenvalue weighted by atomic mass is 35.5. The van der Waals surface area contributed by atoms with Gasteiger partial charge in [0.25, 0.3) is 0 Å². The fourth-order valence-electron chi connectivity index (χ4n) is 2.47. The van der Waals surface area contributed by atoms with Crippen LogP contribution < -0.4 is 4.42 Å². The van der Waals surface area contributed by atoms with Crippen molar-refractivity contribution in [3.8, 4) is 0 Å². The highest BCUT2D eigenvalue weighted by Crippen LogP contribution is 2.38. The molecule has 0 aliphatic heterocycles. The van der Waals surface area contributed by atoms with Crippen molar-refractivity contribution in [1.29, 1.82) is 0 Å². The van der Waals surface area contributed by atoms with Gasteiger partial charge in [0.05, 0.1) is 18.4 Å². The largest absolute Gasteiger partial charge is 0.466 e. The highest BCUT2D eigenvalue weighted by molar-refractivity contribution is 6.36. The number of rotatable bonds is 4. The lowest BCUT2D eigenvalue weighted by Gasteiger charge is -2.21. The lowest BCUT2D eigenvalue weighted by molar-refractivity contribution is -0.151. The quantitative estimate of drug-likeness (QED) is 0.487. The van der Waals surface area contributed by atoms with Gasteiger partial charge in [0.1, 0.15) is 0 Å². The first-order valence-corrected chi connectivity index (χ1v) is 7.12. The van der Waals surface area contributed by atoms with Crippen LogP contribution in [0.5, 0.6) is 0 Å². The molecule has 2 unspecified atom stereocenters. The molecule has 1 amide bonds. The molecular weight excluding hydrogens is 292 g/mol. The van der Waals surface area contributed by atoms with E-state index in [1.807, 2.05) is 0 Å². The number of hydrogen-bond acceptors (Lipinski definition) is 4. The summed E-state index contributed by atoms with van der Waals surface area (Å²) in [5.41, 5.74) is 0.859. The lowest BCUT2D eigenvalue weighted by Crippen LogP contribution is -2.35. The molecule has 1 saturated carbocycles. The molecule has 1 aliphatic rings. The Labute approximate surface area is 128 Å². The first-order valence-electron chi connectivity index (χ1n) is 6.78. The zero-order valence-corrected chi connectivity index (χ0v) is 12.5. The Balaban J connectivity index is 2.16. The van der Waals surface area contributed by atoms with Gasteiger partial charge < -0.3 is 4.74 Å². The molecule has 0 aromatic carbocycles. The number of pyridine rings is 1. The van der Waals surface area contributed by atoms with Gasteiger partial charge in [-0.15, -0.1) is 0 Å². The second-order valence-electron chi connectivity index (χ2n) is 4.93. The molecule has 1 heterocycles. The standard InChI is InChI=1S/C15H17ClN2O3/c1-3-21-15(20)12-9-10(2)8-11(12)14(19)18(16)13-6-4-5-7-17-13/h4-7,11-12H,2-3,8-9H2,1H3. The van der Waals surface area contributed by atoms with Gasteiger partial charge in [0.15, 0.2) is 5.82 Å². The van der Waals surface area contributed by atoms with E-state index in [2.05, 4.69) is 11.6 Å². The van der Waals surface area contributed by atoms with Gasteiger partial charge in [-0.05, 0) is 31.9 Å². The number of carbonyl (C=O) groups excluding carboxylic acids is 2. The first kappa shape index (κ1) is 15.5. The number of carbonyl (C=O) groups is 2. The average Bonchev–Trinajstić information content (AvgIpc) is 2.89. The molecule has 6 heteroatoms. The van der Waals surface area contributed by atoms with Crippen LogP contribution in [0.25, 0.3) is 0 Å². The van der Waals surface area contributed by atoms with Crippen LogP contribution in [0.3, 0.4) is 0 Å². The number of esters is 1. The second-order valence-corrected chi connectivity index (χ2v) is 5.27. The molecule has 1 aliphatic carbocycles. The summed E-state index contributed by atoms with van der Waals surface area (Å²) in [5.74, 6) is -1.46. The van der Waals surface area contributed by atoms with E-state index >= 15 is 0 Å². The van der Waals surface area contributed by atoms with Gasteiger partial charge in [0.2, 0.25) is 5.91 Å². The Hall–Kier alpha value is -1.88. The summed E-state index contributed by atoms with van der Waals surface area (Å²) in [6.07, 6.45) is 2.45. The lowest BCUT2D eigenvalue weighted by atomic mass is 9.95. The number of anilines is 1. The van der Waals surface area contributed by atoms with E-state index < -0.39 is 11.8 Å². The zero-order chi connectivity index (χ0) is 15.4. The minimum atomic E-state index is -0.545. The van der Waals surface area contributed by atoms with Crippen molar-refractivity contribution in [2.75, 3.05) is 11.0 Å². The molecule has 2 rings (SSSR count). The third-order valence-corrected chi connectivity index (χ3v) is 3.79. The molecule has 1 aromatic heterocycles. The number of allylic oxidation sites excluding steroid dienone is 1. The predicted molar refractivity (Wildman–Crippen MR) is 79.6 cm³/mol. The topological polar surface area (TPSA) is 59.5 Å². The van der Waals surface area contributed by atoms with Crippen LogP contribution in [0.1, 0.15) is 19.8 Å². The first-order chi connectivity index (χ1) is 10.0.